The Hall–Kier alpha value is -2.04. The minimum absolute atomic E-state index is 0.0250. The first-order valence-electron chi connectivity index (χ1n) is 9.00. The van der Waals surface area contributed by atoms with Gasteiger partial charge in [-0.3, -0.25) is 19.8 Å². The van der Waals surface area contributed by atoms with Crippen molar-refractivity contribution in [3.8, 4) is 0 Å². The Balaban J connectivity index is 1.66. The van der Waals surface area contributed by atoms with E-state index in [1.165, 1.54) is 16.4 Å². The number of hydrogen-bond acceptors (Lipinski definition) is 6. The van der Waals surface area contributed by atoms with Crippen molar-refractivity contribution in [2.45, 2.75) is 43.7 Å². The molecule has 1 saturated carbocycles. The highest BCUT2D eigenvalue weighted by Crippen LogP contribution is 2.25. The second kappa shape index (κ2) is 7.53. The van der Waals surface area contributed by atoms with Gasteiger partial charge in [0.15, 0.2) is 0 Å². The first kappa shape index (κ1) is 19.7. The quantitative estimate of drug-likeness (QED) is 0.564. The van der Waals surface area contributed by atoms with E-state index in [0.717, 1.165) is 18.9 Å². The van der Waals surface area contributed by atoms with Crippen molar-refractivity contribution < 1.29 is 18.1 Å². The molecule has 1 unspecified atom stereocenters. The number of sulfonamides is 1. The summed E-state index contributed by atoms with van der Waals surface area (Å²) < 4.78 is 27.0. The first-order valence-corrected chi connectivity index (χ1v) is 10.4. The average molecular weight is 396 g/mol. The van der Waals surface area contributed by atoms with E-state index in [1.807, 2.05) is 11.8 Å². The molecule has 1 aromatic carbocycles. The lowest BCUT2D eigenvalue weighted by Gasteiger charge is -2.36. The normalized spacial score (nSPS) is 20.2. The predicted molar refractivity (Wildman–Crippen MR) is 98.8 cm³/mol. The average Bonchev–Trinajstić information content (AvgIpc) is 3.45. The summed E-state index contributed by atoms with van der Waals surface area (Å²) in [6.45, 7) is 4.75. The largest absolute Gasteiger partial charge is 0.352 e. The van der Waals surface area contributed by atoms with Gasteiger partial charge in [-0.05, 0) is 32.8 Å². The molecule has 1 amide bonds. The maximum atomic E-state index is 12.8. The monoisotopic (exact) mass is 396 g/mol. The zero-order valence-corrected chi connectivity index (χ0v) is 16.2. The molecule has 2 fully saturated rings. The van der Waals surface area contributed by atoms with Gasteiger partial charge in [-0.15, -0.1) is 0 Å². The zero-order chi connectivity index (χ0) is 19.8. The van der Waals surface area contributed by atoms with Crippen LogP contribution in [0, 0.1) is 17.0 Å². The third-order valence-electron chi connectivity index (χ3n) is 5.14. The fourth-order valence-corrected chi connectivity index (χ4v) is 4.58. The molecule has 1 aliphatic carbocycles. The highest BCUT2D eigenvalue weighted by molar-refractivity contribution is 7.89. The van der Waals surface area contributed by atoms with Gasteiger partial charge in [0.2, 0.25) is 15.9 Å². The Morgan fingerprint density at radius 3 is 2.44 bits per heavy atom. The minimum Gasteiger partial charge on any atom is -0.352 e. The van der Waals surface area contributed by atoms with Crippen LogP contribution in [0.25, 0.3) is 0 Å². The number of nitro groups is 1. The fourth-order valence-electron chi connectivity index (χ4n) is 3.14. The highest BCUT2D eigenvalue weighted by Gasteiger charge is 2.34. The molecule has 0 bridgehead atoms. The molecule has 0 spiro atoms. The lowest BCUT2D eigenvalue weighted by Crippen LogP contribution is -2.55. The van der Waals surface area contributed by atoms with Gasteiger partial charge in [0, 0.05) is 43.9 Å². The number of hydrogen-bond donors (Lipinski definition) is 1. The third kappa shape index (κ3) is 4.28. The van der Waals surface area contributed by atoms with Crippen LogP contribution in [0.15, 0.2) is 23.1 Å². The van der Waals surface area contributed by atoms with Crippen LogP contribution in [0.3, 0.4) is 0 Å². The lowest BCUT2D eigenvalue weighted by molar-refractivity contribution is -0.385. The van der Waals surface area contributed by atoms with E-state index >= 15 is 0 Å². The molecule has 1 aromatic rings. The first-order chi connectivity index (χ1) is 12.7. The maximum Gasteiger partial charge on any atom is 0.273 e. The van der Waals surface area contributed by atoms with Crippen LogP contribution in [0.5, 0.6) is 0 Å². The summed E-state index contributed by atoms with van der Waals surface area (Å²) >= 11 is 0. The van der Waals surface area contributed by atoms with Crippen LogP contribution in [0.2, 0.25) is 0 Å². The van der Waals surface area contributed by atoms with Crippen LogP contribution in [0.1, 0.15) is 25.3 Å². The molecule has 1 aliphatic heterocycles. The van der Waals surface area contributed by atoms with E-state index < -0.39 is 14.9 Å². The van der Waals surface area contributed by atoms with Crippen molar-refractivity contribution >= 4 is 21.6 Å². The Labute approximate surface area is 158 Å². The number of carbonyl (C=O) groups is 1. The van der Waals surface area contributed by atoms with Crippen molar-refractivity contribution in [2.75, 3.05) is 26.2 Å². The molecule has 1 saturated heterocycles. The smallest absolute Gasteiger partial charge is 0.273 e. The van der Waals surface area contributed by atoms with Crippen molar-refractivity contribution in [1.29, 1.82) is 0 Å². The highest BCUT2D eigenvalue weighted by atomic mass is 32.2. The summed E-state index contributed by atoms with van der Waals surface area (Å²) in [5, 5.41) is 14.1. The molecule has 2 aliphatic rings. The van der Waals surface area contributed by atoms with E-state index in [1.54, 1.807) is 6.92 Å². The Bertz CT molecular complexity index is 845. The second-order valence-electron chi connectivity index (χ2n) is 7.10. The summed E-state index contributed by atoms with van der Waals surface area (Å²) in [6, 6.07) is 3.94. The standard InChI is InChI=1S/C17H24N4O5S/c1-12-3-6-15(11-16(12)21(23)24)27(25,26)20-9-7-19(8-10-20)13(2)17(22)18-14-4-5-14/h3,6,11,13-14H,4-5,7-10H2,1-2H3,(H,18,22). The molecule has 1 atom stereocenters. The van der Waals surface area contributed by atoms with Crippen molar-refractivity contribution in [3.63, 3.8) is 0 Å². The summed E-state index contributed by atoms with van der Waals surface area (Å²) in [5.74, 6) is -0.0250. The van der Waals surface area contributed by atoms with Crippen molar-refractivity contribution in [2.24, 2.45) is 0 Å². The Morgan fingerprint density at radius 1 is 1.26 bits per heavy atom. The van der Waals surface area contributed by atoms with Crippen molar-refractivity contribution in [1.82, 2.24) is 14.5 Å². The van der Waals surface area contributed by atoms with Gasteiger partial charge in [-0.1, -0.05) is 6.07 Å². The number of nitro benzene ring substituents is 1. The van der Waals surface area contributed by atoms with Gasteiger partial charge < -0.3 is 5.32 Å². The molecule has 3 rings (SSSR count). The van der Waals surface area contributed by atoms with E-state index in [2.05, 4.69) is 5.32 Å². The van der Waals surface area contributed by atoms with E-state index in [9.17, 15) is 23.3 Å². The van der Waals surface area contributed by atoms with E-state index in [-0.39, 0.29) is 35.6 Å². The summed E-state index contributed by atoms with van der Waals surface area (Å²) in [4.78, 5) is 24.6. The molecular weight excluding hydrogens is 372 g/mol. The molecule has 27 heavy (non-hydrogen) atoms. The van der Waals surface area contributed by atoms with Crippen LogP contribution >= 0.6 is 0 Å². The number of nitrogens with zero attached hydrogens (tertiary/aromatic N) is 3. The van der Waals surface area contributed by atoms with E-state index in [4.69, 9.17) is 0 Å². The molecule has 0 aromatic heterocycles. The topological polar surface area (TPSA) is 113 Å². The zero-order valence-electron chi connectivity index (χ0n) is 15.4. The number of piperazine rings is 1. The predicted octanol–water partition coefficient (Wildman–Crippen LogP) is 0.877. The number of benzene rings is 1. The molecule has 0 radical (unpaired) electrons. The fraction of sp³-hybridized carbons (Fsp3) is 0.588. The van der Waals surface area contributed by atoms with Crippen LogP contribution in [0.4, 0.5) is 5.69 Å². The van der Waals surface area contributed by atoms with Gasteiger partial charge >= 0.3 is 0 Å². The number of aryl methyl sites for hydroxylation is 1. The van der Waals surface area contributed by atoms with Gasteiger partial charge in [0.25, 0.3) is 5.69 Å². The van der Waals surface area contributed by atoms with Gasteiger partial charge in [-0.2, -0.15) is 4.31 Å². The van der Waals surface area contributed by atoms with Gasteiger partial charge in [-0.25, -0.2) is 8.42 Å². The van der Waals surface area contributed by atoms with E-state index in [0.29, 0.717) is 24.7 Å². The number of nitrogens with one attached hydrogen (secondary N) is 1. The molecule has 1 heterocycles. The maximum absolute atomic E-state index is 12.8. The molecular formula is C17H24N4O5S. The molecule has 1 N–H and O–H groups in total. The number of carbonyl (C=O) groups excluding carboxylic acids is 1. The van der Waals surface area contributed by atoms with Gasteiger partial charge in [0.05, 0.1) is 15.9 Å². The Morgan fingerprint density at radius 2 is 1.89 bits per heavy atom. The summed E-state index contributed by atoms with van der Waals surface area (Å²) in [7, 11) is -3.81. The van der Waals surface area contributed by atoms with Crippen LogP contribution in [-0.2, 0) is 14.8 Å². The van der Waals surface area contributed by atoms with Crippen LogP contribution in [-0.4, -0.2) is 66.7 Å². The van der Waals surface area contributed by atoms with Crippen LogP contribution < -0.4 is 5.32 Å². The SMILES string of the molecule is Cc1ccc(S(=O)(=O)N2CCN(C(C)C(=O)NC3CC3)CC2)cc1[N+](=O)[O-]. The van der Waals surface area contributed by atoms with Gasteiger partial charge in [0.1, 0.15) is 0 Å². The molecule has 9 nitrogen and oxygen atoms in total. The van der Waals surface area contributed by atoms with Crippen molar-refractivity contribution in [3.05, 3.63) is 33.9 Å². The number of amides is 1. The minimum atomic E-state index is -3.81. The summed E-state index contributed by atoms with van der Waals surface area (Å²) in [5.41, 5.74) is 0.208. The third-order valence-corrected chi connectivity index (χ3v) is 7.03. The Kier molecular flexibility index (Phi) is 5.50. The number of rotatable bonds is 6. The molecule has 10 heteroatoms. The lowest BCUT2D eigenvalue weighted by atomic mass is 10.2. The second-order valence-corrected chi connectivity index (χ2v) is 9.04. The molecule has 148 valence electrons. The summed E-state index contributed by atoms with van der Waals surface area (Å²) in [6.07, 6.45) is 2.04.